The van der Waals surface area contributed by atoms with Crippen LogP contribution in [0.2, 0.25) is 0 Å². The highest BCUT2D eigenvalue weighted by Crippen LogP contribution is 2.33. The van der Waals surface area contributed by atoms with Gasteiger partial charge in [0.25, 0.3) is 0 Å². The van der Waals surface area contributed by atoms with Crippen LogP contribution in [-0.2, 0) is 13.6 Å². The van der Waals surface area contributed by atoms with Crippen LogP contribution in [0.3, 0.4) is 0 Å². The number of ether oxygens (including phenoxy) is 1. The maximum absolute atomic E-state index is 5.69. The summed E-state index contributed by atoms with van der Waals surface area (Å²) in [4.78, 5) is 0. The molecule has 0 saturated carbocycles. The molecule has 0 aliphatic rings. The van der Waals surface area contributed by atoms with Crippen molar-refractivity contribution in [2.45, 2.75) is 19.5 Å². The standard InChI is InChI=1S/C29H28N2O/c1-20(25-10-6-8-22-7-4-5-9-26(22)25)30-19-21-11-14-29(32-3)27(17-21)24-13-12-23-15-16-31(2)28(23)18-24/h4-18,20,30H,19H2,1-3H3. The molecule has 0 fully saturated rings. The van der Waals surface area contributed by atoms with Crippen LogP contribution in [0.1, 0.15) is 24.1 Å². The quantitative estimate of drug-likeness (QED) is 0.325. The predicted molar refractivity (Wildman–Crippen MR) is 134 cm³/mol. The topological polar surface area (TPSA) is 26.2 Å². The van der Waals surface area contributed by atoms with Gasteiger partial charge in [0.2, 0.25) is 0 Å². The van der Waals surface area contributed by atoms with Crippen LogP contribution in [0.15, 0.2) is 91.1 Å². The fourth-order valence-corrected chi connectivity index (χ4v) is 4.53. The number of aromatic nitrogens is 1. The summed E-state index contributed by atoms with van der Waals surface area (Å²) in [5.41, 5.74) is 6.07. The number of aryl methyl sites for hydroxylation is 1. The second kappa shape index (κ2) is 8.52. The zero-order chi connectivity index (χ0) is 22.1. The molecule has 160 valence electrons. The summed E-state index contributed by atoms with van der Waals surface area (Å²) in [6.45, 7) is 3.02. The largest absolute Gasteiger partial charge is 0.496 e. The van der Waals surface area contributed by atoms with E-state index in [4.69, 9.17) is 4.74 Å². The van der Waals surface area contributed by atoms with Gasteiger partial charge in [-0.1, -0.05) is 60.7 Å². The van der Waals surface area contributed by atoms with Gasteiger partial charge in [0, 0.05) is 36.9 Å². The van der Waals surface area contributed by atoms with Crippen LogP contribution < -0.4 is 10.1 Å². The van der Waals surface area contributed by atoms with Crippen molar-refractivity contribution in [3.8, 4) is 16.9 Å². The van der Waals surface area contributed by atoms with Crippen LogP contribution in [-0.4, -0.2) is 11.7 Å². The maximum Gasteiger partial charge on any atom is 0.126 e. The molecule has 32 heavy (non-hydrogen) atoms. The van der Waals surface area contributed by atoms with E-state index in [2.05, 4.69) is 115 Å². The average Bonchev–Trinajstić information content (AvgIpc) is 3.22. The molecule has 0 bridgehead atoms. The van der Waals surface area contributed by atoms with Crippen LogP contribution in [0.5, 0.6) is 5.75 Å². The van der Waals surface area contributed by atoms with Gasteiger partial charge in [-0.2, -0.15) is 0 Å². The van der Waals surface area contributed by atoms with E-state index in [0.717, 1.165) is 17.9 Å². The molecule has 1 N–H and O–H groups in total. The van der Waals surface area contributed by atoms with Crippen molar-refractivity contribution in [2.24, 2.45) is 7.05 Å². The number of fused-ring (bicyclic) bond motifs is 2. The molecule has 1 aromatic heterocycles. The van der Waals surface area contributed by atoms with Crippen molar-refractivity contribution >= 4 is 21.7 Å². The van der Waals surface area contributed by atoms with Gasteiger partial charge in [0.1, 0.15) is 5.75 Å². The fourth-order valence-electron chi connectivity index (χ4n) is 4.53. The molecule has 5 aromatic rings. The van der Waals surface area contributed by atoms with Crippen molar-refractivity contribution < 1.29 is 4.74 Å². The third-order valence-electron chi connectivity index (χ3n) is 6.37. The van der Waals surface area contributed by atoms with Crippen molar-refractivity contribution in [2.75, 3.05) is 7.11 Å². The van der Waals surface area contributed by atoms with Crippen molar-refractivity contribution in [1.29, 1.82) is 0 Å². The van der Waals surface area contributed by atoms with E-state index >= 15 is 0 Å². The first-order valence-electron chi connectivity index (χ1n) is 11.1. The Kier molecular flexibility index (Phi) is 5.42. The van der Waals surface area contributed by atoms with Crippen LogP contribution in [0, 0.1) is 0 Å². The lowest BCUT2D eigenvalue weighted by molar-refractivity contribution is 0.416. The first kappa shape index (κ1) is 20.3. The molecule has 3 nitrogen and oxygen atoms in total. The fraction of sp³-hybridized carbons (Fsp3) is 0.172. The highest BCUT2D eigenvalue weighted by atomic mass is 16.5. The van der Waals surface area contributed by atoms with Gasteiger partial charge < -0.3 is 14.6 Å². The number of rotatable bonds is 6. The Morgan fingerprint density at radius 2 is 1.72 bits per heavy atom. The Bertz CT molecular complexity index is 1390. The first-order valence-corrected chi connectivity index (χ1v) is 11.1. The summed E-state index contributed by atoms with van der Waals surface area (Å²) in [7, 11) is 3.82. The number of benzene rings is 4. The Morgan fingerprint density at radius 1 is 0.875 bits per heavy atom. The minimum Gasteiger partial charge on any atom is -0.496 e. The Morgan fingerprint density at radius 3 is 2.59 bits per heavy atom. The maximum atomic E-state index is 5.69. The molecule has 0 saturated heterocycles. The molecule has 1 heterocycles. The molecule has 0 radical (unpaired) electrons. The van der Waals surface area contributed by atoms with Crippen molar-refractivity contribution in [3.05, 3.63) is 102 Å². The van der Waals surface area contributed by atoms with Crippen molar-refractivity contribution in [3.63, 3.8) is 0 Å². The lowest BCUT2D eigenvalue weighted by Crippen LogP contribution is -2.18. The summed E-state index contributed by atoms with van der Waals surface area (Å²) in [6, 6.07) is 30.5. The molecular weight excluding hydrogens is 392 g/mol. The minimum absolute atomic E-state index is 0.242. The van der Waals surface area contributed by atoms with Gasteiger partial charge in [-0.15, -0.1) is 0 Å². The van der Waals surface area contributed by atoms with Crippen LogP contribution in [0.25, 0.3) is 32.8 Å². The molecule has 5 rings (SSSR count). The number of hydrogen-bond acceptors (Lipinski definition) is 2. The summed E-state index contributed by atoms with van der Waals surface area (Å²) >= 11 is 0. The smallest absolute Gasteiger partial charge is 0.126 e. The van der Waals surface area contributed by atoms with E-state index in [1.54, 1.807) is 7.11 Å². The zero-order valence-electron chi connectivity index (χ0n) is 18.8. The third-order valence-corrected chi connectivity index (χ3v) is 6.37. The lowest BCUT2D eigenvalue weighted by atomic mass is 9.98. The van der Waals surface area contributed by atoms with Gasteiger partial charge in [0.15, 0.2) is 0 Å². The lowest BCUT2D eigenvalue weighted by Gasteiger charge is -2.18. The molecule has 4 aromatic carbocycles. The normalized spacial score (nSPS) is 12.3. The molecule has 0 spiro atoms. The SMILES string of the molecule is COc1ccc(CNC(C)c2cccc3ccccc23)cc1-c1ccc2ccn(C)c2c1. The highest BCUT2D eigenvalue weighted by molar-refractivity contribution is 5.87. The summed E-state index contributed by atoms with van der Waals surface area (Å²) in [5.74, 6) is 0.893. The van der Waals surface area contributed by atoms with Crippen LogP contribution in [0.4, 0.5) is 0 Å². The van der Waals surface area contributed by atoms with Crippen LogP contribution >= 0.6 is 0 Å². The molecule has 3 heteroatoms. The van der Waals surface area contributed by atoms with E-state index in [-0.39, 0.29) is 6.04 Å². The molecule has 1 atom stereocenters. The van der Waals surface area contributed by atoms with E-state index in [1.165, 1.54) is 38.4 Å². The van der Waals surface area contributed by atoms with E-state index in [0.29, 0.717) is 0 Å². The zero-order valence-corrected chi connectivity index (χ0v) is 18.8. The predicted octanol–water partition coefficient (Wildman–Crippen LogP) is 6.86. The number of hydrogen-bond donors (Lipinski definition) is 1. The van der Waals surface area contributed by atoms with E-state index in [1.807, 2.05) is 0 Å². The van der Waals surface area contributed by atoms with Gasteiger partial charge in [0.05, 0.1) is 7.11 Å². The summed E-state index contributed by atoms with van der Waals surface area (Å²) < 4.78 is 7.85. The van der Waals surface area contributed by atoms with Gasteiger partial charge >= 0.3 is 0 Å². The highest BCUT2D eigenvalue weighted by Gasteiger charge is 2.12. The Balaban J connectivity index is 1.42. The molecule has 1 unspecified atom stereocenters. The Hall–Kier alpha value is -3.56. The molecule has 0 aliphatic heterocycles. The van der Waals surface area contributed by atoms with Crippen molar-refractivity contribution in [1.82, 2.24) is 9.88 Å². The summed E-state index contributed by atoms with van der Waals surface area (Å²) in [5, 5.41) is 7.55. The number of nitrogens with zero attached hydrogens (tertiary/aromatic N) is 1. The van der Waals surface area contributed by atoms with Gasteiger partial charge in [-0.3, -0.25) is 0 Å². The minimum atomic E-state index is 0.242. The molecule has 0 amide bonds. The monoisotopic (exact) mass is 420 g/mol. The first-order chi connectivity index (χ1) is 15.6. The van der Waals surface area contributed by atoms with Gasteiger partial charge in [-0.25, -0.2) is 0 Å². The number of nitrogens with one attached hydrogen (secondary N) is 1. The molecule has 0 aliphatic carbocycles. The second-order valence-electron chi connectivity index (χ2n) is 8.41. The third kappa shape index (κ3) is 3.76. The number of methoxy groups -OCH3 is 1. The van der Waals surface area contributed by atoms with E-state index < -0.39 is 0 Å². The Labute approximate surface area is 189 Å². The van der Waals surface area contributed by atoms with Gasteiger partial charge in [-0.05, 0) is 64.0 Å². The van der Waals surface area contributed by atoms with E-state index in [9.17, 15) is 0 Å². The second-order valence-corrected chi connectivity index (χ2v) is 8.41. The average molecular weight is 421 g/mol. The molecular formula is C29H28N2O. The summed E-state index contributed by atoms with van der Waals surface area (Å²) in [6.07, 6.45) is 2.10.